The van der Waals surface area contributed by atoms with Gasteiger partial charge in [-0.05, 0) is 68.6 Å². The summed E-state index contributed by atoms with van der Waals surface area (Å²) in [5.41, 5.74) is 11.7. The van der Waals surface area contributed by atoms with Crippen molar-refractivity contribution in [2.24, 2.45) is 40.6 Å². The second-order valence-corrected chi connectivity index (χ2v) is 11.6. The van der Waals surface area contributed by atoms with Crippen LogP contribution >= 0.6 is 0 Å². The number of esters is 1. The summed E-state index contributed by atoms with van der Waals surface area (Å²) in [6.07, 6.45) is 1.05. The molecule has 8 nitrogen and oxygen atoms in total. The number of rotatable bonds is 18. The number of amides is 1. The highest BCUT2D eigenvalue weighted by Crippen LogP contribution is 2.28. The van der Waals surface area contributed by atoms with Crippen LogP contribution in [-0.4, -0.2) is 56.1 Å². The first-order chi connectivity index (χ1) is 17.7. The van der Waals surface area contributed by atoms with Crippen LogP contribution in [0.15, 0.2) is 18.2 Å². The zero-order valence-electron chi connectivity index (χ0n) is 24.2. The minimum Gasteiger partial charge on any atom is -0.490 e. The average Bonchev–Trinajstić information content (AvgIpc) is 2.84. The van der Waals surface area contributed by atoms with Crippen molar-refractivity contribution in [1.29, 1.82) is 0 Å². The number of primary amides is 1. The summed E-state index contributed by atoms with van der Waals surface area (Å²) in [6, 6.07) is 4.31. The Labute approximate surface area is 227 Å². The van der Waals surface area contributed by atoms with Gasteiger partial charge in [-0.25, -0.2) is 4.39 Å². The number of methoxy groups -OCH3 is 1. The molecule has 1 aromatic rings. The highest BCUT2D eigenvalue weighted by atomic mass is 19.1. The lowest BCUT2D eigenvalue weighted by atomic mass is 9.81. The molecule has 0 spiro atoms. The van der Waals surface area contributed by atoms with Gasteiger partial charge in [-0.15, -0.1) is 0 Å². The first kappa shape index (κ1) is 33.8. The van der Waals surface area contributed by atoms with E-state index in [4.69, 9.17) is 25.7 Å². The molecule has 1 rings (SSSR count). The maximum Gasteiger partial charge on any atom is 0.309 e. The van der Waals surface area contributed by atoms with Crippen molar-refractivity contribution in [3.8, 4) is 5.75 Å². The Hall–Kier alpha value is -2.23. The van der Waals surface area contributed by atoms with Crippen LogP contribution in [0.5, 0.6) is 5.75 Å². The molecule has 1 amide bonds. The second kappa shape index (κ2) is 16.0. The maximum atomic E-state index is 14.2. The fourth-order valence-corrected chi connectivity index (χ4v) is 4.08. The monoisotopic (exact) mass is 540 g/mol. The van der Waals surface area contributed by atoms with E-state index in [1.165, 1.54) is 6.07 Å². The van der Waals surface area contributed by atoms with Crippen molar-refractivity contribution in [3.05, 3.63) is 29.6 Å². The van der Waals surface area contributed by atoms with Gasteiger partial charge in [0.15, 0.2) is 11.6 Å². The van der Waals surface area contributed by atoms with Crippen LogP contribution in [0.3, 0.4) is 0 Å². The van der Waals surface area contributed by atoms with Crippen molar-refractivity contribution in [1.82, 2.24) is 0 Å². The predicted molar refractivity (Wildman–Crippen MR) is 146 cm³/mol. The molecule has 0 radical (unpaired) electrons. The van der Waals surface area contributed by atoms with Gasteiger partial charge in [0.05, 0.1) is 24.0 Å². The molecule has 0 saturated heterocycles. The Balaban J connectivity index is 2.82. The molecule has 0 aliphatic rings. The number of carbonyl (C=O) groups is 2. The molecule has 0 fully saturated rings. The highest BCUT2D eigenvalue weighted by Gasteiger charge is 2.33. The second-order valence-electron chi connectivity index (χ2n) is 11.6. The first-order valence-corrected chi connectivity index (χ1v) is 13.5. The van der Waals surface area contributed by atoms with Crippen LogP contribution in [-0.2, 0) is 25.5 Å². The van der Waals surface area contributed by atoms with E-state index in [2.05, 4.69) is 13.8 Å². The molecule has 38 heavy (non-hydrogen) atoms. The van der Waals surface area contributed by atoms with E-state index in [1.807, 2.05) is 13.8 Å². The summed E-state index contributed by atoms with van der Waals surface area (Å²) in [5, 5.41) is 10.9. The van der Waals surface area contributed by atoms with Gasteiger partial charge in [0, 0.05) is 26.2 Å². The molecule has 218 valence electrons. The van der Waals surface area contributed by atoms with Gasteiger partial charge in [-0.2, -0.15) is 0 Å². The van der Waals surface area contributed by atoms with Crippen LogP contribution in [0, 0.1) is 34.9 Å². The van der Waals surface area contributed by atoms with E-state index >= 15 is 0 Å². The highest BCUT2D eigenvalue weighted by molar-refractivity contribution is 5.80. The first-order valence-electron chi connectivity index (χ1n) is 13.5. The molecule has 9 heteroatoms. The van der Waals surface area contributed by atoms with Crippen LogP contribution in [0.4, 0.5) is 4.39 Å². The van der Waals surface area contributed by atoms with E-state index in [-0.39, 0.29) is 36.5 Å². The van der Waals surface area contributed by atoms with E-state index < -0.39 is 41.2 Å². The number of nitrogens with two attached hydrogens (primary N) is 2. The molecule has 0 unspecified atom stereocenters. The van der Waals surface area contributed by atoms with Crippen LogP contribution in [0.1, 0.15) is 66.4 Å². The largest absolute Gasteiger partial charge is 0.490 e. The fraction of sp³-hybridized carbons (Fsp3) is 0.724. The third kappa shape index (κ3) is 11.3. The van der Waals surface area contributed by atoms with E-state index in [0.717, 1.165) is 5.56 Å². The van der Waals surface area contributed by atoms with Crippen molar-refractivity contribution < 1.29 is 33.3 Å². The SMILES string of the molecule is COCCCOc1cc(C[C@@H](C[C@H](N)[C@@H](O)C[C@H](C(=O)OCC(C)(C)C(N)=O)C(C)C)C(C)C)ccc1F. The molecule has 0 aliphatic carbocycles. The smallest absolute Gasteiger partial charge is 0.309 e. The summed E-state index contributed by atoms with van der Waals surface area (Å²) in [7, 11) is 1.61. The van der Waals surface area contributed by atoms with Crippen molar-refractivity contribution in [2.75, 3.05) is 26.9 Å². The van der Waals surface area contributed by atoms with Gasteiger partial charge < -0.3 is 30.8 Å². The van der Waals surface area contributed by atoms with Crippen molar-refractivity contribution in [2.45, 2.75) is 79.4 Å². The number of aliphatic hydroxyl groups is 1. The Morgan fingerprint density at radius 2 is 1.74 bits per heavy atom. The van der Waals surface area contributed by atoms with E-state index in [0.29, 0.717) is 32.5 Å². The Morgan fingerprint density at radius 1 is 1.08 bits per heavy atom. The minimum absolute atomic E-state index is 0.0940. The summed E-state index contributed by atoms with van der Waals surface area (Å²) >= 11 is 0. The third-order valence-corrected chi connectivity index (χ3v) is 7.10. The van der Waals surface area contributed by atoms with Gasteiger partial charge in [0.1, 0.15) is 6.61 Å². The normalized spacial score (nSPS) is 15.3. The standard InChI is InChI=1S/C29H49FN2O6/c1-18(2)21(13-20-9-10-23(30)26(14-20)37-12-8-11-36-7)15-24(31)25(33)16-22(19(3)4)27(34)38-17-29(5,6)28(32)35/h9-10,14,18-19,21-22,24-25,33H,8,11-13,15-17,31H2,1-7H3,(H2,32,35)/t21-,22-,24-,25-/m0/s1. The summed E-state index contributed by atoms with van der Waals surface area (Å²) < 4.78 is 30.2. The average molecular weight is 541 g/mol. The summed E-state index contributed by atoms with van der Waals surface area (Å²) in [5.74, 6) is -1.54. The van der Waals surface area contributed by atoms with E-state index in [9.17, 15) is 19.1 Å². The van der Waals surface area contributed by atoms with Crippen LogP contribution < -0.4 is 16.2 Å². The quantitative estimate of drug-likeness (QED) is 0.190. The minimum atomic E-state index is -0.980. The molecule has 0 bridgehead atoms. The zero-order chi connectivity index (χ0) is 29.0. The maximum absolute atomic E-state index is 14.2. The number of carbonyl (C=O) groups excluding carboxylic acids is 2. The summed E-state index contributed by atoms with van der Waals surface area (Å²) in [6.45, 7) is 11.9. The zero-order valence-corrected chi connectivity index (χ0v) is 24.2. The van der Waals surface area contributed by atoms with Crippen LogP contribution in [0.2, 0.25) is 0 Å². The van der Waals surface area contributed by atoms with Crippen molar-refractivity contribution in [3.63, 3.8) is 0 Å². The fourth-order valence-electron chi connectivity index (χ4n) is 4.08. The number of hydrogen-bond donors (Lipinski definition) is 3. The number of halogens is 1. The molecular weight excluding hydrogens is 491 g/mol. The lowest BCUT2D eigenvalue weighted by molar-refractivity contribution is -0.156. The lowest BCUT2D eigenvalue weighted by Crippen LogP contribution is -2.42. The third-order valence-electron chi connectivity index (χ3n) is 7.10. The van der Waals surface area contributed by atoms with Gasteiger partial charge in [-0.1, -0.05) is 33.8 Å². The molecule has 0 heterocycles. The van der Waals surface area contributed by atoms with Crippen LogP contribution in [0.25, 0.3) is 0 Å². The number of aliphatic hydroxyl groups excluding tert-OH is 1. The molecule has 5 N–H and O–H groups in total. The predicted octanol–water partition coefficient (Wildman–Crippen LogP) is 3.85. The Kier molecular flexibility index (Phi) is 14.2. The Morgan fingerprint density at radius 3 is 2.29 bits per heavy atom. The van der Waals surface area contributed by atoms with E-state index in [1.54, 1.807) is 33.1 Å². The summed E-state index contributed by atoms with van der Waals surface area (Å²) in [4.78, 5) is 24.3. The molecule has 1 aromatic carbocycles. The van der Waals surface area contributed by atoms with Crippen molar-refractivity contribution >= 4 is 11.9 Å². The van der Waals surface area contributed by atoms with Gasteiger partial charge in [-0.3, -0.25) is 9.59 Å². The number of benzene rings is 1. The molecule has 0 aliphatic heterocycles. The number of ether oxygens (including phenoxy) is 3. The van der Waals surface area contributed by atoms with Gasteiger partial charge in [0.2, 0.25) is 5.91 Å². The molecule has 0 aromatic heterocycles. The lowest BCUT2D eigenvalue weighted by Gasteiger charge is -2.30. The Bertz CT molecular complexity index is 877. The molecule has 0 saturated carbocycles. The topological polar surface area (TPSA) is 134 Å². The molecular formula is C29H49FN2O6. The van der Waals surface area contributed by atoms with Gasteiger partial charge >= 0.3 is 5.97 Å². The molecule has 4 atom stereocenters. The van der Waals surface area contributed by atoms with Gasteiger partial charge in [0.25, 0.3) is 0 Å². The number of hydrogen-bond acceptors (Lipinski definition) is 7.